The van der Waals surface area contributed by atoms with Crippen LogP contribution in [0.5, 0.6) is 0 Å². The number of hydrogen-bond donors (Lipinski definition) is 1. The minimum Gasteiger partial charge on any atom is -0.339 e. The molecule has 0 aliphatic rings. The molecule has 20 heavy (non-hydrogen) atoms. The van der Waals surface area contributed by atoms with Crippen LogP contribution >= 0.6 is 0 Å². The molecular formula is C15H30N4O. The van der Waals surface area contributed by atoms with Gasteiger partial charge in [-0.05, 0) is 37.9 Å². The molecule has 0 saturated carbocycles. The van der Waals surface area contributed by atoms with Crippen LogP contribution in [-0.4, -0.2) is 41.2 Å². The zero-order chi connectivity index (χ0) is 15.0. The average Bonchev–Trinajstić information content (AvgIpc) is 2.86. The van der Waals surface area contributed by atoms with Crippen LogP contribution in [0, 0.1) is 11.8 Å². The molecule has 0 bridgehead atoms. The van der Waals surface area contributed by atoms with Gasteiger partial charge in [-0.15, -0.1) is 0 Å². The van der Waals surface area contributed by atoms with Crippen molar-refractivity contribution in [1.82, 2.24) is 15.0 Å². The summed E-state index contributed by atoms with van der Waals surface area (Å²) in [4.78, 5) is 6.84. The molecule has 0 saturated heterocycles. The standard InChI is InChI=1S/C15H30N4O/c1-5-19(6-2)8-7-14-17-15(20-18-14)10-13(11-16)9-12(3)4/h12-13H,5-11,16H2,1-4H3/t13-/m0/s1. The average molecular weight is 282 g/mol. The molecule has 2 N–H and O–H groups in total. The third-order valence-electron chi connectivity index (χ3n) is 3.66. The summed E-state index contributed by atoms with van der Waals surface area (Å²) >= 11 is 0. The van der Waals surface area contributed by atoms with Crippen molar-refractivity contribution in [1.29, 1.82) is 0 Å². The maximum atomic E-state index is 5.81. The lowest BCUT2D eigenvalue weighted by atomic mass is 9.94. The largest absolute Gasteiger partial charge is 0.339 e. The SMILES string of the molecule is CCN(CC)CCc1noc(C[C@@H](CN)CC(C)C)n1. The number of aromatic nitrogens is 2. The van der Waals surface area contributed by atoms with E-state index < -0.39 is 0 Å². The number of likely N-dealkylation sites (N-methyl/N-ethyl adjacent to an activating group) is 1. The molecule has 1 aromatic heterocycles. The molecule has 0 radical (unpaired) electrons. The van der Waals surface area contributed by atoms with Crippen molar-refractivity contribution in [2.24, 2.45) is 17.6 Å². The van der Waals surface area contributed by atoms with Gasteiger partial charge in [-0.3, -0.25) is 0 Å². The molecule has 1 heterocycles. The molecule has 0 aliphatic heterocycles. The fourth-order valence-corrected chi connectivity index (χ4v) is 2.45. The van der Waals surface area contributed by atoms with Crippen molar-refractivity contribution in [2.45, 2.75) is 47.0 Å². The summed E-state index contributed by atoms with van der Waals surface area (Å²) in [6, 6.07) is 0. The Bertz CT molecular complexity index is 361. The van der Waals surface area contributed by atoms with Crippen LogP contribution in [0.4, 0.5) is 0 Å². The minimum absolute atomic E-state index is 0.436. The fourth-order valence-electron chi connectivity index (χ4n) is 2.45. The Hall–Kier alpha value is -0.940. The lowest BCUT2D eigenvalue weighted by Gasteiger charge is -2.16. The molecule has 0 aliphatic carbocycles. The van der Waals surface area contributed by atoms with E-state index >= 15 is 0 Å². The summed E-state index contributed by atoms with van der Waals surface area (Å²) < 4.78 is 5.34. The Labute approximate surface area is 122 Å². The first-order valence-corrected chi connectivity index (χ1v) is 7.82. The summed E-state index contributed by atoms with van der Waals surface area (Å²) in [7, 11) is 0. The van der Waals surface area contributed by atoms with Crippen molar-refractivity contribution < 1.29 is 4.52 Å². The van der Waals surface area contributed by atoms with Crippen LogP contribution in [0.15, 0.2) is 4.52 Å². The lowest BCUT2D eigenvalue weighted by Crippen LogP contribution is -2.25. The van der Waals surface area contributed by atoms with Crippen LogP contribution in [0.2, 0.25) is 0 Å². The van der Waals surface area contributed by atoms with E-state index in [9.17, 15) is 0 Å². The van der Waals surface area contributed by atoms with E-state index in [1.165, 1.54) is 0 Å². The van der Waals surface area contributed by atoms with E-state index in [4.69, 9.17) is 10.3 Å². The van der Waals surface area contributed by atoms with Crippen LogP contribution in [0.3, 0.4) is 0 Å². The van der Waals surface area contributed by atoms with Crippen LogP contribution in [0.1, 0.15) is 45.8 Å². The van der Waals surface area contributed by atoms with Gasteiger partial charge < -0.3 is 15.2 Å². The quantitative estimate of drug-likeness (QED) is 0.712. The minimum atomic E-state index is 0.436. The zero-order valence-corrected chi connectivity index (χ0v) is 13.4. The Kier molecular flexibility index (Phi) is 7.77. The second-order valence-corrected chi connectivity index (χ2v) is 5.82. The molecular weight excluding hydrogens is 252 g/mol. The number of nitrogens with zero attached hydrogens (tertiary/aromatic N) is 3. The highest BCUT2D eigenvalue weighted by Crippen LogP contribution is 2.15. The fraction of sp³-hybridized carbons (Fsp3) is 0.867. The van der Waals surface area contributed by atoms with E-state index in [-0.39, 0.29) is 0 Å². The molecule has 0 aromatic carbocycles. The van der Waals surface area contributed by atoms with E-state index in [0.29, 0.717) is 18.4 Å². The van der Waals surface area contributed by atoms with Gasteiger partial charge >= 0.3 is 0 Å². The van der Waals surface area contributed by atoms with Gasteiger partial charge in [0.05, 0.1) is 0 Å². The van der Waals surface area contributed by atoms with Crippen molar-refractivity contribution in [2.75, 3.05) is 26.2 Å². The molecule has 116 valence electrons. The van der Waals surface area contributed by atoms with Crippen molar-refractivity contribution in [3.8, 4) is 0 Å². The number of rotatable bonds is 10. The van der Waals surface area contributed by atoms with Crippen LogP contribution in [-0.2, 0) is 12.8 Å². The molecule has 0 amide bonds. The van der Waals surface area contributed by atoms with Crippen LogP contribution in [0.25, 0.3) is 0 Å². The maximum Gasteiger partial charge on any atom is 0.226 e. The highest BCUT2D eigenvalue weighted by molar-refractivity contribution is 4.89. The van der Waals surface area contributed by atoms with Crippen molar-refractivity contribution in [3.05, 3.63) is 11.7 Å². The number of hydrogen-bond acceptors (Lipinski definition) is 5. The zero-order valence-electron chi connectivity index (χ0n) is 13.4. The Balaban J connectivity index is 2.45. The van der Waals surface area contributed by atoms with Gasteiger partial charge in [-0.25, -0.2) is 0 Å². The van der Waals surface area contributed by atoms with E-state index in [0.717, 1.165) is 50.6 Å². The van der Waals surface area contributed by atoms with E-state index in [1.54, 1.807) is 0 Å². The van der Waals surface area contributed by atoms with Gasteiger partial charge in [0.1, 0.15) is 0 Å². The predicted octanol–water partition coefficient (Wildman–Crippen LogP) is 2.12. The summed E-state index contributed by atoms with van der Waals surface area (Å²) in [6.07, 6.45) is 2.75. The van der Waals surface area contributed by atoms with Gasteiger partial charge in [0.2, 0.25) is 5.89 Å². The first-order chi connectivity index (χ1) is 9.58. The van der Waals surface area contributed by atoms with E-state index in [1.807, 2.05) is 0 Å². The first kappa shape index (κ1) is 17.1. The van der Waals surface area contributed by atoms with Gasteiger partial charge in [-0.1, -0.05) is 32.9 Å². The van der Waals surface area contributed by atoms with Gasteiger partial charge in [0.25, 0.3) is 0 Å². The summed E-state index contributed by atoms with van der Waals surface area (Å²) in [5.74, 6) is 2.63. The van der Waals surface area contributed by atoms with Crippen LogP contribution < -0.4 is 5.73 Å². The first-order valence-electron chi connectivity index (χ1n) is 7.82. The summed E-state index contributed by atoms with van der Waals surface area (Å²) in [6.45, 7) is 12.5. The summed E-state index contributed by atoms with van der Waals surface area (Å²) in [5, 5.41) is 4.07. The third kappa shape index (κ3) is 6.01. The topological polar surface area (TPSA) is 68.2 Å². The highest BCUT2D eigenvalue weighted by atomic mass is 16.5. The van der Waals surface area contributed by atoms with Gasteiger partial charge in [-0.2, -0.15) is 4.98 Å². The highest BCUT2D eigenvalue weighted by Gasteiger charge is 2.15. The molecule has 1 atom stereocenters. The lowest BCUT2D eigenvalue weighted by molar-refractivity contribution is 0.301. The molecule has 5 nitrogen and oxygen atoms in total. The number of nitrogens with two attached hydrogens (primary N) is 1. The maximum absolute atomic E-state index is 5.81. The molecule has 0 fully saturated rings. The van der Waals surface area contributed by atoms with Crippen molar-refractivity contribution in [3.63, 3.8) is 0 Å². The monoisotopic (exact) mass is 282 g/mol. The Morgan fingerprint density at radius 3 is 2.50 bits per heavy atom. The predicted molar refractivity (Wildman–Crippen MR) is 81.5 cm³/mol. The molecule has 1 rings (SSSR count). The second kappa shape index (κ2) is 9.08. The van der Waals surface area contributed by atoms with Gasteiger partial charge in [0.15, 0.2) is 5.82 Å². The molecule has 0 spiro atoms. The summed E-state index contributed by atoms with van der Waals surface area (Å²) in [5.41, 5.74) is 5.81. The van der Waals surface area contributed by atoms with Gasteiger partial charge in [0, 0.05) is 19.4 Å². The molecule has 0 unspecified atom stereocenters. The molecule has 1 aromatic rings. The van der Waals surface area contributed by atoms with Crippen molar-refractivity contribution >= 4 is 0 Å². The third-order valence-corrected chi connectivity index (χ3v) is 3.66. The second-order valence-electron chi connectivity index (χ2n) is 5.82. The van der Waals surface area contributed by atoms with E-state index in [2.05, 4.69) is 42.7 Å². The smallest absolute Gasteiger partial charge is 0.226 e. The molecule has 5 heteroatoms. The normalized spacial score (nSPS) is 13.3. The Morgan fingerprint density at radius 1 is 1.25 bits per heavy atom. The Morgan fingerprint density at radius 2 is 1.95 bits per heavy atom.